The van der Waals surface area contributed by atoms with Crippen molar-refractivity contribution in [2.45, 2.75) is 51.1 Å². The summed E-state index contributed by atoms with van der Waals surface area (Å²) in [4.78, 5) is 14.9. The van der Waals surface area contributed by atoms with Crippen molar-refractivity contribution in [1.29, 1.82) is 0 Å². The minimum Gasteiger partial charge on any atom is -0.338 e. The van der Waals surface area contributed by atoms with E-state index in [0.29, 0.717) is 11.9 Å². The standard InChI is InChI=1S/C16H23N3O/c20-16(14-7-2-1-3-8-14)19-12-5-4-9-15(19)13-18-11-6-10-17-18/h1-2,6,10-11,14-15H,3-5,7-9,12-13H2. The third-order valence-corrected chi connectivity index (χ3v) is 4.49. The third kappa shape index (κ3) is 2.94. The van der Waals surface area contributed by atoms with E-state index in [2.05, 4.69) is 22.2 Å². The average molecular weight is 273 g/mol. The van der Waals surface area contributed by atoms with Crippen LogP contribution in [0, 0.1) is 5.92 Å². The number of hydrogen-bond donors (Lipinski definition) is 0. The topological polar surface area (TPSA) is 38.1 Å². The molecule has 1 aliphatic heterocycles. The van der Waals surface area contributed by atoms with Crippen LogP contribution in [0.4, 0.5) is 0 Å². The van der Waals surface area contributed by atoms with Gasteiger partial charge in [-0.3, -0.25) is 9.48 Å². The molecule has 4 nitrogen and oxygen atoms in total. The smallest absolute Gasteiger partial charge is 0.226 e. The molecule has 1 fully saturated rings. The highest BCUT2D eigenvalue weighted by molar-refractivity contribution is 5.79. The molecule has 1 amide bonds. The summed E-state index contributed by atoms with van der Waals surface area (Å²) in [6.45, 7) is 1.76. The van der Waals surface area contributed by atoms with Crippen LogP contribution >= 0.6 is 0 Å². The lowest BCUT2D eigenvalue weighted by Crippen LogP contribution is -2.48. The summed E-state index contributed by atoms with van der Waals surface area (Å²) in [5.74, 6) is 0.574. The van der Waals surface area contributed by atoms with Crippen LogP contribution in [0.1, 0.15) is 38.5 Å². The maximum Gasteiger partial charge on any atom is 0.226 e. The molecule has 0 bridgehead atoms. The fourth-order valence-corrected chi connectivity index (χ4v) is 3.36. The molecular weight excluding hydrogens is 250 g/mol. The van der Waals surface area contributed by atoms with Crippen molar-refractivity contribution in [3.8, 4) is 0 Å². The van der Waals surface area contributed by atoms with Crippen LogP contribution in [0.15, 0.2) is 30.6 Å². The second kappa shape index (κ2) is 6.25. The van der Waals surface area contributed by atoms with Crippen molar-refractivity contribution in [3.63, 3.8) is 0 Å². The van der Waals surface area contributed by atoms with E-state index in [4.69, 9.17) is 0 Å². The molecule has 0 aromatic carbocycles. The zero-order valence-corrected chi connectivity index (χ0v) is 11.9. The Morgan fingerprint density at radius 2 is 2.20 bits per heavy atom. The molecule has 1 saturated heterocycles. The molecule has 2 aliphatic rings. The van der Waals surface area contributed by atoms with Crippen LogP contribution in [0.5, 0.6) is 0 Å². The fraction of sp³-hybridized carbons (Fsp3) is 0.625. The molecule has 1 aliphatic carbocycles. The number of rotatable bonds is 3. The molecule has 2 unspecified atom stereocenters. The van der Waals surface area contributed by atoms with Gasteiger partial charge in [-0.25, -0.2) is 0 Å². The lowest BCUT2D eigenvalue weighted by atomic mass is 9.91. The molecule has 3 rings (SSSR count). The highest BCUT2D eigenvalue weighted by atomic mass is 16.2. The van der Waals surface area contributed by atoms with Gasteiger partial charge in [0.25, 0.3) is 0 Å². The minimum atomic E-state index is 0.207. The monoisotopic (exact) mass is 273 g/mol. The number of piperidine rings is 1. The van der Waals surface area contributed by atoms with Gasteiger partial charge < -0.3 is 4.90 Å². The van der Waals surface area contributed by atoms with E-state index >= 15 is 0 Å². The molecule has 0 spiro atoms. The van der Waals surface area contributed by atoms with Crippen molar-refractivity contribution in [2.24, 2.45) is 5.92 Å². The molecule has 20 heavy (non-hydrogen) atoms. The first-order chi connectivity index (χ1) is 9.84. The zero-order chi connectivity index (χ0) is 13.8. The van der Waals surface area contributed by atoms with Crippen LogP contribution in [0.25, 0.3) is 0 Å². The van der Waals surface area contributed by atoms with E-state index < -0.39 is 0 Å². The van der Waals surface area contributed by atoms with Gasteiger partial charge in [0.05, 0.1) is 12.6 Å². The molecule has 1 aromatic heterocycles. The van der Waals surface area contributed by atoms with Gasteiger partial charge in [0, 0.05) is 24.9 Å². The highest BCUT2D eigenvalue weighted by Gasteiger charge is 2.31. The van der Waals surface area contributed by atoms with Gasteiger partial charge in [-0.05, 0) is 44.6 Å². The van der Waals surface area contributed by atoms with Crippen molar-refractivity contribution < 1.29 is 4.79 Å². The molecular formula is C16H23N3O. The van der Waals surface area contributed by atoms with E-state index in [1.54, 1.807) is 6.20 Å². The number of carbonyl (C=O) groups is 1. The first kappa shape index (κ1) is 13.4. The van der Waals surface area contributed by atoms with Gasteiger partial charge in [0.1, 0.15) is 0 Å². The van der Waals surface area contributed by atoms with Gasteiger partial charge >= 0.3 is 0 Å². The van der Waals surface area contributed by atoms with E-state index in [9.17, 15) is 4.79 Å². The van der Waals surface area contributed by atoms with E-state index in [0.717, 1.165) is 45.2 Å². The first-order valence-electron chi connectivity index (χ1n) is 7.77. The number of aromatic nitrogens is 2. The summed E-state index contributed by atoms with van der Waals surface area (Å²) in [6, 6.07) is 2.27. The van der Waals surface area contributed by atoms with Gasteiger partial charge in [-0.15, -0.1) is 0 Å². The summed E-state index contributed by atoms with van der Waals surface area (Å²) in [5.41, 5.74) is 0. The number of hydrogen-bond acceptors (Lipinski definition) is 2. The van der Waals surface area contributed by atoms with Crippen LogP contribution in [-0.4, -0.2) is 33.2 Å². The maximum atomic E-state index is 12.8. The number of likely N-dealkylation sites (tertiary alicyclic amines) is 1. The summed E-state index contributed by atoms with van der Waals surface area (Å²) in [6.07, 6.45) is 14.6. The number of nitrogens with zero attached hydrogens (tertiary/aromatic N) is 3. The highest BCUT2D eigenvalue weighted by Crippen LogP contribution is 2.26. The Balaban J connectivity index is 1.68. The van der Waals surface area contributed by atoms with Crippen LogP contribution in [0.2, 0.25) is 0 Å². The molecule has 2 atom stereocenters. The average Bonchev–Trinajstić information content (AvgIpc) is 3.01. The predicted molar refractivity (Wildman–Crippen MR) is 78.1 cm³/mol. The van der Waals surface area contributed by atoms with Crippen molar-refractivity contribution in [3.05, 3.63) is 30.6 Å². The van der Waals surface area contributed by atoms with Gasteiger partial charge in [-0.1, -0.05) is 12.2 Å². The Morgan fingerprint density at radius 1 is 1.25 bits per heavy atom. The minimum absolute atomic E-state index is 0.207. The molecule has 108 valence electrons. The van der Waals surface area contributed by atoms with Gasteiger partial charge in [0.2, 0.25) is 5.91 Å². The fourth-order valence-electron chi connectivity index (χ4n) is 3.36. The number of amides is 1. The molecule has 0 radical (unpaired) electrons. The van der Waals surface area contributed by atoms with Crippen molar-refractivity contribution in [2.75, 3.05) is 6.54 Å². The van der Waals surface area contributed by atoms with Gasteiger partial charge in [-0.2, -0.15) is 5.10 Å². The van der Waals surface area contributed by atoms with E-state index in [-0.39, 0.29) is 5.92 Å². The number of carbonyl (C=O) groups excluding carboxylic acids is 1. The Kier molecular flexibility index (Phi) is 4.19. The Morgan fingerprint density at radius 3 is 2.95 bits per heavy atom. The lowest BCUT2D eigenvalue weighted by molar-refractivity contribution is -0.140. The SMILES string of the molecule is O=C(C1CC=CCC1)N1CCCCC1Cn1cccn1. The van der Waals surface area contributed by atoms with Crippen molar-refractivity contribution in [1.82, 2.24) is 14.7 Å². The zero-order valence-electron chi connectivity index (χ0n) is 11.9. The second-order valence-corrected chi connectivity index (χ2v) is 5.89. The first-order valence-corrected chi connectivity index (χ1v) is 7.77. The van der Waals surface area contributed by atoms with Crippen molar-refractivity contribution >= 4 is 5.91 Å². The van der Waals surface area contributed by atoms with Crippen LogP contribution in [0.3, 0.4) is 0 Å². The predicted octanol–water partition coefficient (Wildman–Crippen LogP) is 2.62. The number of allylic oxidation sites excluding steroid dienone is 2. The molecule has 0 saturated carbocycles. The molecule has 0 N–H and O–H groups in total. The van der Waals surface area contributed by atoms with Crippen LogP contribution < -0.4 is 0 Å². The largest absolute Gasteiger partial charge is 0.338 e. The molecule has 2 heterocycles. The van der Waals surface area contributed by atoms with Gasteiger partial charge in [0.15, 0.2) is 0 Å². The maximum absolute atomic E-state index is 12.8. The van der Waals surface area contributed by atoms with E-state index in [1.807, 2.05) is 16.9 Å². The second-order valence-electron chi connectivity index (χ2n) is 5.89. The van der Waals surface area contributed by atoms with Crippen LogP contribution in [-0.2, 0) is 11.3 Å². The normalized spacial score (nSPS) is 26.7. The summed E-state index contributed by atoms with van der Waals surface area (Å²) < 4.78 is 1.96. The molecule has 4 heteroatoms. The van der Waals surface area contributed by atoms with E-state index in [1.165, 1.54) is 6.42 Å². The Hall–Kier alpha value is -1.58. The molecule has 1 aromatic rings. The lowest BCUT2D eigenvalue weighted by Gasteiger charge is -2.38. The summed E-state index contributed by atoms with van der Waals surface area (Å²) in [7, 11) is 0. The third-order valence-electron chi connectivity index (χ3n) is 4.49. The summed E-state index contributed by atoms with van der Waals surface area (Å²) >= 11 is 0. The summed E-state index contributed by atoms with van der Waals surface area (Å²) in [5, 5.41) is 4.28. The quantitative estimate of drug-likeness (QED) is 0.794. The Bertz CT molecular complexity index is 466. The Labute approximate surface area is 120 Å².